The summed E-state index contributed by atoms with van der Waals surface area (Å²) in [6, 6.07) is 10.6. The van der Waals surface area contributed by atoms with E-state index in [1.54, 1.807) is 36.7 Å². The van der Waals surface area contributed by atoms with Crippen molar-refractivity contribution < 1.29 is 9.59 Å². The van der Waals surface area contributed by atoms with Crippen molar-refractivity contribution in [2.75, 3.05) is 10.6 Å². The molecule has 6 nitrogen and oxygen atoms in total. The van der Waals surface area contributed by atoms with Crippen LogP contribution in [0, 0.1) is 0 Å². The Morgan fingerprint density at radius 1 is 1.08 bits per heavy atom. The molecule has 0 fully saturated rings. The lowest BCUT2D eigenvalue weighted by Crippen LogP contribution is -2.15. The van der Waals surface area contributed by atoms with Crippen LogP contribution in [-0.2, 0) is 4.79 Å². The first-order valence-electron chi connectivity index (χ1n) is 7.94. The fourth-order valence-electron chi connectivity index (χ4n) is 2.62. The maximum absolute atomic E-state index is 12.2. The van der Waals surface area contributed by atoms with E-state index in [1.807, 2.05) is 22.9 Å². The molecule has 3 heterocycles. The van der Waals surface area contributed by atoms with Crippen LogP contribution in [0.2, 0.25) is 0 Å². The van der Waals surface area contributed by atoms with Crippen LogP contribution in [0.1, 0.15) is 22.3 Å². The summed E-state index contributed by atoms with van der Waals surface area (Å²) in [6.45, 7) is 0. The van der Waals surface area contributed by atoms with E-state index in [0.717, 1.165) is 16.9 Å². The highest BCUT2D eigenvalue weighted by atomic mass is 32.1. The number of rotatable bonds is 3. The van der Waals surface area contributed by atoms with Crippen molar-refractivity contribution in [1.82, 2.24) is 4.98 Å². The number of anilines is 2. The van der Waals surface area contributed by atoms with Gasteiger partial charge in [-0.05, 0) is 29.8 Å². The van der Waals surface area contributed by atoms with Crippen molar-refractivity contribution in [3.05, 3.63) is 70.7 Å². The number of fused-ring (bicyclic) bond motifs is 1. The van der Waals surface area contributed by atoms with Crippen molar-refractivity contribution in [2.24, 2.45) is 4.99 Å². The Morgan fingerprint density at radius 2 is 1.85 bits per heavy atom. The van der Waals surface area contributed by atoms with Gasteiger partial charge >= 0.3 is 0 Å². The van der Waals surface area contributed by atoms with E-state index < -0.39 is 0 Å². The van der Waals surface area contributed by atoms with Crippen LogP contribution in [0.5, 0.6) is 0 Å². The summed E-state index contributed by atoms with van der Waals surface area (Å²) in [6.07, 6.45) is 3.36. The average molecular weight is 362 g/mol. The van der Waals surface area contributed by atoms with E-state index >= 15 is 0 Å². The molecule has 0 saturated heterocycles. The predicted octanol–water partition coefficient (Wildman–Crippen LogP) is 3.86. The molecule has 7 heteroatoms. The second kappa shape index (κ2) is 6.89. The molecule has 0 aliphatic carbocycles. The van der Waals surface area contributed by atoms with E-state index in [2.05, 4.69) is 20.6 Å². The lowest BCUT2D eigenvalue weighted by atomic mass is 10.1. The minimum atomic E-state index is -0.200. The van der Waals surface area contributed by atoms with Gasteiger partial charge in [-0.3, -0.25) is 14.6 Å². The molecule has 0 atom stereocenters. The number of aliphatic imine (C=N–C) groups is 1. The standard InChI is InChI=1S/C19H14N4O2S/c24-18-9-15(22-16-10-26-11-17(16)23-18)12-1-3-14(4-2-12)21-19(25)13-5-7-20-8-6-13/h1-8,10-11H,9H2,(H,21,25)(H,23,24). The van der Waals surface area contributed by atoms with E-state index in [-0.39, 0.29) is 18.2 Å². The van der Waals surface area contributed by atoms with Gasteiger partial charge in [0.1, 0.15) is 0 Å². The first kappa shape index (κ1) is 16.2. The quantitative estimate of drug-likeness (QED) is 0.742. The van der Waals surface area contributed by atoms with Crippen molar-refractivity contribution in [1.29, 1.82) is 0 Å². The number of carbonyl (C=O) groups excluding carboxylic acids is 2. The summed E-state index contributed by atoms with van der Waals surface area (Å²) in [5.41, 5.74) is 4.28. The van der Waals surface area contributed by atoms with Crippen LogP contribution in [0.15, 0.2) is 64.5 Å². The monoisotopic (exact) mass is 362 g/mol. The first-order valence-corrected chi connectivity index (χ1v) is 8.89. The van der Waals surface area contributed by atoms with Crippen LogP contribution in [0.25, 0.3) is 0 Å². The molecule has 4 rings (SSSR count). The number of benzene rings is 1. The molecular weight excluding hydrogens is 348 g/mol. The van der Waals surface area contributed by atoms with Crippen molar-refractivity contribution in [2.45, 2.75) is 6.42 Å². The zero-order valence-corrected chi connectivity index (χ0v) is 14.4. The molecule has 1 aliphatic heterocycles. The number of pyridine rings is 1. The molecule has 0 spiro atoms. The van der Waals surface area contributed by atoms with Gasteiger partial charge in [0.2, 0.25) is 5.91 Å². The highest BCUT2D eigenvalue weighted by Crippen LogP contribution is 2.32. The third-order valence-electron chi connectivity index (χ3n) is 3.92. The van der Waals surface area contributed by atoms with Gasteiger partial charge in [0.25, 0.3) is 5.91 Å². The Balaban J connectivity index is 1.55. The second-order valence-electron chi connectivity index (χ2n) is 5.72. The molecule has 1 aliphatic rings. The van der Waals surface area contributed by atoms with Crippen molar-refractivity contribution in [3.8, 4) is 0 Å². The molecule has 0 unspecified atom stereocenters. The summed E-state index contributed by atoms with van der Waals surface area (Å²) in [5, 5.41) is 9.47. The number of nitrogens with one attached hydrogen (secondary N) is 2. The number of nitrogens with zero attached hydrogens (tertiary/aromatic N) is 2. The van der Waals surface area contributed by atoms with Gasteiger partial charge < -0.3 is 10.6 Å². The SMILES string of the molecule is O=C1CC(c2ccc(NC(=O)c3ccncc3)cc2)=Nc2cscc2N1. The number of hydrogen-bond acceptors (Lipinski definition) is 5. The van der Waals surface area contributed by atoms with E-state index in [9.17, 15) is 9.59 Å². The predicted molar refractivity (Wildman–Crippen MR) is 102 cm³/mol. The van der Waals surface area contributed by atoms with Gasteiger partial charge in [0.05, 0.1) is 23.5 Å². The summed E-state index contributed by atoms with van der Waals surface area (Å²) in [7, 11) is 0. The highest BCUT2D eigenvalue weighted by Gasteiger charge is 2.17. The molecule has 2 N–H and O–H groups in total. The van der Waals surface area contributed by atoms with Gasteiger partial charge in [-0.15, -0.1) is 11.3 Å². The van der Waals surface area contributed by atoms with E-state index in [0.29, 0.717) is 17.0 Å². The Bertz CT molecular complexity index is 994. The molecule has 128 valence electrons. The van der Waals surface area contributed by atoms with Crippen molar-refractivity contribution >= 4 is 45.9 Å². The first-order chi connectivity index (χ1) is 12.7. The van der Waals surface area contributed by atoms with Gasteiger partial charge in [-0.25, -0.2) is 4.99 Å². The summed E-state index contributed by atoms with van der Waals surface area (Å²) < 4.78 is 0. The second-order valence-corrected chi connectivity index (χ2v) is 6.47. The molecule has 2 amide bonds. The van der Waals surface area contributed by atoms with E-state index in [4.69, 9.17) is 0 Å². The molecular formula is C19H14N4O2S. The Kier molecular flexibility index (Phi) is 4.28. The Hall–Kier alpha value is -3.32. The molecule has 26 heavy (non-hydrogen) atoms. The van der Waals surface area contributed by atoms with Gasteiger partial charge in [0, 0.05) is 34.4 Å². The Morgan fingerprint density at radius 3 is 2.62 bits per heavy atom. The molecule has 3 aromatic rings. The number of aromatic nitrogens is 1. The third-order valence-corrected chi connectivity index (χ3v) is 4.65. The Labute approximate surface area is 153 Å². The zero-order chi connectivity index (χ0) is 17.9. The zero-order valence-electron chi connectivity index (χ0n) is 13.6. The van der Waals surface area contributed by atoms with Crippen LogP contribution in [0.4, 0.5) is 17.1 Å². The van der Waals surface area contributed by atoms with Crippen LogP contribution >= 0.6 is 11.3 Å². The maximum atomic E-state index is 12.2. The molecule has 2 aromatic heterocycles. The van der Waals surface area contributed by atoms with Crippen LogP contribution < -0.4 is 10.6 Å². The third kappa shape index (κ3) is 3.38. The largest absolute Gasteiger partial charge is 0.323 e. The van der Waals surface area contributed by atoms with E-state index in [1.165, 1.54) is 11.3 Å². The number of thiophene rings is 1. The minimum Gasteiger partial charge on any atom is -0.323 e. The normalized spacial score (nSPS) is 13.2. The van der Waals surface area contributed by atoms with Gasteiger partial charge in [-0.1, -0.05) is 12.1 Å². The van der Waals surface area contributed by atoms with Crippen molar-refractivity contribution in [3.63, 3.8) is 0 Å². The summed E-state index contributed by atoms with van der Waals surface area (Å²) >= 11 is 1.50. The smallest absolute Gasteiger partial charge is 0.255 e. The fraction of sp³-hybridized carbons (Fsp3) is 0.0526. The molecule has 0 bridgehead atoms. The molecule has 0 saturated carbocycles. The van der Waals surface area contributed by atoms with Gasteiger partial charge in [0.15, 0.2) is 0 Å². The highest BCUT2D eigenvalue weighted by molar-refractivity contribution is 7.09. The summed E-state index contributed by atoms with van der Waals surface area (Å²) in [4.78, 5) is 32.7. The number of carbonyl (C=O) groups is 2. The average Bonchev–Trinajstić information content (AvgIpc) is 3.02. The fourth-order valence-corrected chi connectivity index (χ4v) is 3.31. The molecule has 1 aromatic carbocycles. The number of hydrogen-bond donors (Lipinski definition) is 2. The minimum absolute atomic E-state index is 0.0871. The van der Waals surface area contributed by atoms with Crippen LogP contribution in [0.3, 0.4) is 0 Å². The lowest BCUT2D eigenvalue weighted by Gasteiger charge is -2.07. The number of amides is 2. The topological polar surface area (TPSA) is 83.5 Å². The summed E-state index contributed by atoms with van der Waals surface area (Å²) in [5.74, 6) is -0.287. The maximum Gasteiger partial charge on any atom is 0.255 e. The lowest BCUT2D eigenvalue weighted by molar-refractivity contribution is -0.115. The molecule has 0 radical (unpaired) electrons. The van der Waals surface area contributed by atoms with Gasteiger partial charge in [-0.2, -0.15) is 0 Å². The van der Waals surface area contributed by atoms with Crippen LogP contribution in [-0.4, -0.2) is 22.5 Å².